The molecular weight excluding hydrogens is 258 g/mol. The lowest BCUT2D eigenvalue weighted by Crippen LogP contribution is -2.35. The lowest BCUT2D eigenvalue weighted by atomic mass is 10.0. The summed E-state index contributed by atoms with van der Waals surface area (Å²) < 4.78 is 4.32. The summed E-state index contributed by atoms with van der Waals surface area (Å²) in [6.07, 6.45) is 7.79. The Kier molecular flexibility index (Phi) is 3.48. The summed E-state index contributed by atoms with van der Waals surface area (Å²) in [6, 6.07) is 12.6. The minimum absolute atomic E-state index is 1.12. The monoisotopic (exact) mass is 277 g/mol. The number of nitrogens with zero attached hydrogens (tertiary/aromatic N) is 3. The Morgan fingerprint density at radius 3 is 2.57 bits per heavy atom. The smallest absolute Gasteiger partial charge is 0.231 e. The fourth-order valence-electron chi connectivity index (χ4n) is 2.64. The summed E-state index contributed by atoms with van der Waals surface area (Å²) in [4.78, 5) is 4.26. The van der Waals surface area contributed by atoms with E-state index in [0.29, 0.717) is 0 Å². The van der Waals surface area contributed by atoms with Gasteiger partial charge in [-0.05, 0) is 13.0 Å². The molecule has 0 spiro atoms. The van der Waals surface area contributed by atoms with Gasteiger partial charge in [0.25, 0.3) is 0 Å². The van der Waals surface area contributed by atoms with Crippen LogP contribution in [0.15, 0.2) is 61.2 Å². The molecule has 1 aromatic carbocycles. The van der Waals surface area contributed by atoms with Crippen molar-refractivity contribution in [3.8, 4) is 16.9 Å². The molecule has 3 heteroatoms. The summed E-state index contributed by atoms with van der Waals surface area (Å²) in [5, 5.41) is 0. The number of hydrogen-bond donors (Lipinski definition) is 0. The molecule has 104 valence electrons. The normalized spacial score (nSPS) is 10.6. The zero-order valence-corrected chi connectivity index (χ0v) is 12.6. The molecule has 0 saturated heterocycles. The van der Waals surface area contributed by atoms with E-state index in [9.17, 15) is 0 Å². The highest BCUT2D eigenvalue weighted by atomic mass is 15.0. The van der Waals surface area contributed by atoms with Crippen molar-refractivity contribution in [1.29, 1.82) is 0 Å². The number of hydrogen-bond acceptors (Lipinski definition) is 1. The molecule has 3 rings (SSSR count). The van der Waals surface area contributed by atoms with Crippen LogP contribution < -0.4 is 9.13 Å². The van der Waals surface area contributed by atoms with E-state index in [4.69, 9.17) is 0 Å². The largest absolute Gasteiger partial charge is 0.252 e. The number of pyridine rings is 1. The first-order chi connectivity index (χ1) is 10.2. The van der Waals surface area contributed by atoms with Gasteiger partial charge in [-0.1, -0.05) is 12.1 Å². The molecule has 2 aromatic heterocycles. The molecule has 0 fully saturated rings. The van der Waals surface area contributed by atoms with Gasteiger partial charge in [0.1, 0.15) is 7.05 Å². The Morgan fingerprint density at radius 2 is 1.81 bits per heavy atom. The van der Waals surface area contributed by atoms with Crippen molar-refractivity contribution in [2.24, 2.45) is 7.05 Å². The Bertz CT molecular complexity index is 730. The molecule has 2 heterocycles. The third kappa shape index (κ3) is 2.42. The van der Waals surface area contributed by atoms with Crippen LogP contribution in [-0.2, 0) is 7.05 Å². The van der Waals surface area contributed by atoms with Crippen LogP contribution in [0.3, 0.4) is 0 Å². The van der Waals surface area contributed by atoms with E-state index in [1.165, 1.54) is 22.5 Å². The van der Waals surface area contributed by atoms with E-state index in [-0.39, 0.29) is 0 Å². The molecule has 0 saturated carbocycles. The average molecular weight is 277 g/mol. The molecule has 0 aliphatic heterocycles. The van der Waals surface area contributed by atoms with Gasteiger partial charge in [0, 0.05) is 30.7 Å². The third-order valence-corrected chi connectivity index (χ3v) is 3.86. The molecule has 0 atom stereocenters. The maximum absolute atomic E-state index is 4.26. The van der Waals surface area contributed by atoms with Crippen LogP contribution in [0.2, 0.25) is 0 Å². The van der Waals surface area contributed by atoms with Crippen molar-refractivity contribution < 1.29 is 9.13 Å². The molecule has 0 N–H and O–H groups in total. The minimum Gasteiger partial charge on any atom is -0.252 e. The molecule has 0 radical (unpaired) electrons. The summed E-state index contributed by atoms with van der Waals surface area (Å²) in [5.74, 6) is 0. The van der Waals surface area contributed by atoms with Crippen molar-refractivity contribution in [1.82, 2.24) is 4.98 Å². The van der Waals surface area contributed by atoms with Gasteiger partial charge in [-0.3, -0.25) is 4.98 Å². The lowest BCUT2D eigenvalue weighted by Gasteiger charge is -2.07. The Morgan fingerprint density at radius 1 is 0.952 bits per heavy atom. The first-order valence-corrected chi connectivity index (χ1v) is 7.06. The second kappa shape index (κ2) is 5.44. The predicted molar refractivity (Wildman–Crippen MR) is 81.9 cm³/mol. The van der Waals surface area contributed by atoms with Crippen LogP contribution in [0.5, 0.6) is 0 Å². The van der Waals surface area contributed by atoms with Gasteiger partial charge in [-0.2, -0.15) is 9.13 Å². The quantitative estimate of drug-likeness (QED) is 0.659. The maximum Gasteiger partial charge on any atom is 0.231 e. The molecule has 0 amide bonds. The van der Waals surface area contributed by atoms with Gasteiger partial charge in [0.05, 0.1) is 18.0 Å². The standard InChI is InChI=1S/C18H19N3/c1-14-7-4-5-11-21(14)17-9-6-8-16(15(17)2)18-13-19-10-12-20(18)3/h4-13H,1-3H3/q+2. The van der Waals surface area contributed by atoms with E-state index in [1.807, 2.05) is 19.4 Å². The van der Waals surface area contributed by atoms with Gasteiger partial charge >= 0.3 is 0 Å². The predicted octanol–water partition coefficient (Wildman–Crippen LogP) is 2.47. The molecule has 3 nitrogen and oxygen atoms in total. The third-order valence-electron chi connectivity index (χ3n) is 3.86. The van der Waals surface area contributed by atoms with Crippen LogP contribution >= 0.6 is 0 Å². The van der Waals surface area contributed by atoms with Crippen molar-refractivity contribution in [2.45, 2.75) is 13.8 Å². The van der Waals surface area contributed by atoms with E-state index >= 15 is 0 Å². The van der Waals surface area contributed by atoms with Gasteiger partial charge < -0.3 is 0 Å². The lowest BCUT2D eigenvalue weighted by molar-refractivity contribution is -0.661. The van der Waals surface area contributed by atoms with Crippen LogP contribution in [0.25, 0.3) is 16.9 Å². The van der Waals surface area contributed by atoms with Crippen molar-refractivity contribution in [2.75, 3.05) is 0 Å². The molecule has 0 aliphatic rings. The summed E-state index contributed by atoms with van der Waals surface area (Å²) in [5.41, 5.74) is 5.99. The van der Waals surface area contributed by atoms with Crippen molar-refractivity contribution in [3.63, 3.8) is 0 Å². The molecular formula is C18H19N3+2. The number of aryl methyl sites for hydroxylation is 2. The van der Waals surface area contributed by atoms with Gasteiger partial charge in [-0.25, -0.2) is 0 Å². The maximum atomic E-state index is 4.26. The molecule has 0 aliphatic carbocycles. The Balaban J connectivity index is 2.21. The van der Waals surface area contributed by atoms with Gasteiger partial charge in [-0.15, -0.1) is 0 Å². The van der Waals surface area contributed by atoms with Crippen LogP contribution in [0, 0.1) is 13.8 Å². The first-order valence-electron chi connectivity index (χ1n) is 7.06. The van der Waals surface area contributed by atoms with E-state index in [2.05, 4.69) is 70.6 Å². The first kappa shape index (κ1) is 13.4. The van der Waals surface area contributed by atoms with Crippen LogP contribution in [-0.4, -0.2) is 4.98 Å². The summed E-state index contributed by atoms with van der Waals surface area (Å²) in [6.45, 7) is 4.29. The van der Waals surface area contributed by atoms with E-state index in [1.54, 1.807) is 6.20 Å². The Labute approximate surface area is 125 Å². The van der Waals surface area contributed by atoms with Crippen LogP contribution in [0.1, 0.15) is 11.3 Å². The van der Waals surface area contributed by atoms with E-state index in [0.717, 1.165) is 5.69 Å². The Hall–Kier alpha value is -2.55. The highest BCUT2D eigenvalue weighted by Crippen LogP contribution is 2.22. The highest BCUT2D eigenvalue weighted by Gasteiger charge is 2.19. The number of benzene rings is 1. The molecule has 3 aromatic rings. The molecule has 0 bridgehead atoms. The minimum atomic E-state index is 1.12. The fourth-order valence-corrected chi connectivity index (χ4v) is 2.64. The van der Waals surface area contributed by atoms with E-state index < -0.39 is 0 Å². The average Bonchev–Trinajstić information content (AvgIpc) is 2.49. The van der Waals surface area contributed by atoms with Gasteiger partial charge in [0.15, 0.2) is 18.1 Å². The SMILES string of the molecule is Cc1c(-c2cncc[n+]2C)cccc1-[n+]1ccccc1C. The van der Waals surface area contributed by atoms with Crippen LogP contribution in [0.4, 0.5) is 0 Å². The van der Waals surface area contributed by atoms with Crippen molar-refractivity contribution >= 4 is 0 Å². The fraction of sp³-hybridized carbons (Fsp3) is 0.167. The highest BCUT2D eigenvalue weighted by molar-refractivity contribution is 5.63. The zero-order chi connectivity index (χ0) is 14.8. The summed E-state index contributed by atoms with van der Waals surface area (Å²) >= 11 is 0. The zero-order valence-electron chi connectivity index (χ0n) is 12.6. The molecule has 0 unspecified atom stereocenters. The number of rotatable bonds is 2. The van der Waals surface area contributed by atoms with Crippen molar-refractivity contribution in [3.05, 3.63) is 72.4 Å². The van der Waals surface area contributed by atoms with Gasteiger partial charge in [0.2, 0.25) is 11.4 Å². The second-order valence-electron chi connectivity index (χ2n) is 5.23. The summed E-state index contributed by atoms with van der Waals surface area (Å²) in [7, 11) is 2.05. The second-order valence-corrected chi connectivity index (χ2v) is 5.23. The molecule has 21 heavy (non-hydrogen) atoms. The number of aromatic nitrogens is 3. The topological polar surface area (TPSA) is 20.6 Å².